The Morgan fingerprint density at radius 3 is 2.83 bits per heavy atom. The first-order chi connectivity index (χ1) is 10.9. The van der Waals surface area contributed by atoms with Gasteiger partial charge in [-0.1, -0.05) is 6.07 Å². The monoisotopic (exact) mass is 340 g/mol. The van der Waals surface area contributed by atoms with Crippen molar-refractivity contribution in [3.8, 4) is 11.5 Å². The van der Waals surface area contributed by atoms with Crippen LogP contribution in [-0.4, -0.2) is 44.3 Å². The summed E-state index contributed by atoms with van der Waals surface area (Å²) in [6, 6.07) is 4.62. The summed E-state index contributed by atoms with van der Waals surface area (Å²) in [5.41, 5.74) is 0.881. The number of rotatable bonds is 4. The van der Waals surface area contributed by atoms with Gasteiger partial charge in [0.1, 0.15) is 6.04 Å². The van der Waals surface area contributed by atoms with Crippen molar-refractivity contribution in [1.29, 1.82) is 0 Å². The van der Waals surface area contributed by atoms with E-state index in [1.165, 1.54) is 4.31 Å². The molecule has 0 bridgehead atoms. The molecule has 1 N–H and O–H groups in total. The first kappa shape index (κ1) is 16.1. The Morgan fingerprint density at radius 1 is 1.35 bits per heavy atom. The summed E-state index contributed by atoms with van der Waals surface area (Å²) < 4.78 is 35.4. The molecule has 2 heterocycles. The molecule has 1 aromatic rings. The van der Waals surface area contributed by atoms with Crippen LogP contribution in [-0.2, 0) is 14.8 Å². The van der Waals surface area contributed by atoms with E-state index in [4.69, 9.17) is 9.47 Å². The SMILES string of the molecule is C[C@@H](NC(=O)[C@@H]1CCCN1S(C)(=O)=O)c1ccc2c(c1)OCO2. The van der Waals surface area contributed by atoms with E-state index in [1.807, 2.05) is 19.1 Å². The highest BCUT2D eigenvalue weighted by molar-refractivity contribution is 7.88. The van der Waals surface area contributed by atoms with Gasteiger partial charge in [0.05, 0.1) is 12.3 Å². The Bertz CT molecular complexity index is 719. The first-order valence-electron chi connectivity index (χ1n) is 7.53. The van der Waals surface area contributed by atoms with Crippen LogP contribution in [0.5, 0.6) is 11.5 Å². The third-order valence-electron chi connectivity index (χ3n) is 4.19. The number of nitrogens with one attached hydrogen (secondary N) is 1. The quantitative estimate of drug-likeness (QED) is 0.884. The van der Waals surface area contributed by atoms with Gasteiger partial charge in [0.15, 0.2) is 11.5 Å². The van der Waals surface area contributed by atoms with Gasteiger partial charge in [-0.05, 0) is 37.5 Å². The number of hydrogen-bond acceptors (Lipinski definition) is 5. The number of ether oxygens (including phenoxy) is 2. The van der Waals surface area contributed by atoms with Gasteiger partial charge in [-0.2, -0.15) is 4.31 Å². The number of fused-ring (bicyclic) bond motifs is 1. The van der Waals surface area contributed by atoms with Crippen molar-refractivity contribution < 1.29 is 22.7 Å². The zero-order chi connectivity index (χ0) is 16.6. The number of amides is 1. The van der Waals surface area contributed by atoms with Crippen molar-refractivity contribution in [3.63, 3.8) is 0 Å². The highest BCUT2D eigenvalue weighted by Gasteiger charge is 2.36. The van der Waals surface area contributed by atoms with E-state index < -0.39 is 16.1 Å². The van der Waals surface area contributed by atoms with Gasteiger partial charge in [0, 0.05) is 6.54 Å². The van der Waals surface area contributed by atoms with Crippen molar-refractivity contribution in [2.24, 2.45) is 0 Å². The van der Waals surface area contributed by atoms with Crippen LogP contribution in [0.15, 0.2) is 18.2 Å². The summed E-state index contributed by atoms with van der Waals surface area (Å²) in [5.74, 6) is 1.08. The van der Waals surface area contributed by atoms with Crippen LogP contribution in [0.4, 0.5) is 0 Å². The summed E-state index contributed by atoms with van der Waals surface area (Å²) in [4.78, 5) is 12.4. The van der Waals surface area contributed by atoms with Crippen LogP contribution in [0.25, 0.3) is 0 Å². The van der Waals surface area contributed by atoms with Gasteiger partial charge in [-0.25, -0.2) is 8.42 Å². The van der Waals surface area contributed by atoms with Gasteiger partial charge >= 0.3 is 0 Å². The van der Waals surface area contributed by atoms with Gasteiger partial charge in [-0.3, -0.25) is 4.79 Å². The van der Waals surface area contributed by atoms with Crippen LogP contribution in [0.1, 0.15) is 31.4 Å². The summed E-state index contributed by atoms with van der Waals surface area (Å²) in [5, 5.41) is 2.89. The number of benzene rings is 1. The van der Waals surface area contributed by atoms with Crippen LogP contribution >= 0.6 is 0 Å². The second-order valence-corrected chi connectivity index (χ2v) is 7.81. The second-order valence-electron chi connectivity index (χ2n) is 5.87. The molecule has 3 rings (SSSR count). The molecule has 0 saturated carbocycles. The van der Waals surface area contributed by atoms with Crippen LogP contribution in [0, 0.1) is 0 Å². The zero-order valence-corrected chi connectivity index (χ0v) is 13.9. The number of nitrogens with zero attached hydrogens (tertiary/aromatic N) is 1. The number of carbonyl (C=O) groups is 1. The van der Waals surface area contributed by atoms with Crippen molar-refractivity contribution in [3.05, 3.63) is 23.8 Å². The summed E-state index contributed by atoms with van der Waals surface area (Å²) in [6.45, 7) is 2.45. The highest BCUT2D eigenvalue weighted by atomic mass is 32.2. The molecule has 0 spiro atoms. The van der Waals surface area contributed by atoms with Crippen LogP contribution < -0.4 is 14.8 Å². The van der Waals surface area contributed by atoms with E-state index in [0.717, 1.165) is 11.8 Å². The van der Waals surface area contributed by atoms with E-state index in [0.29, 0.717) is 30.9 Å². The molecule has 0 aliphatic carbocycles. The minimum Gasteiger partial charge on any atom is -0.454 e. The van der Waals surface area contributed by atoms with E-state index in [9.17, 15) is 13.2 Å². The molecule has 0 radical (unpaired) electrons. The minimum absolute atomic E-state index is 0.199. The number of sulfonamides is 1. The molecule has 2 atom stereocenters. The first-order valence-corrected chi connectivity index (χ1v) is 9.38. The number of carbonyl (C=O) groups excluding carboxylic acids is 1. The second kappa shape index (κ2) is 6.01. The predicted molar refractivity (Wildman–Crippen MR) is 83.7 cm³/mol. The van der Waals surface area contributed by atoms with Crippen molar-refractivity contribution in [1.82, 2.24) is 9.62 Å². The fourth-order valence-electron chi connectivity index (χ4n) is 2.97. The number of hydrogen-bond donors (Lipinski definition) is 1. The molecule has 0 unspecified atom stereocenters. The van der Waals surface area contributed by atoms with E-state index in [2.05, 4.69) is 5.32 Å². The molecule has 1 fully saturated rings. The lowest BCUT2D eigenvalue weighted by Gasteiger charge is -2.23. The van der Waals surface area contributed by atoms with Crippen LogP contribution in [0.2, 0.25) is 0 Å². The largest absolute Gasteiger partial charge is 0.454 e. The van der Waals surface area contributed by atoms with Gasteiger partial charge < -0.3 is 14.8 Å². The zero-order valence-electron chi connectivity index (χ0n) is 13.1. The Labute approximate surface area is 135 Å². The Kier molecular flexibility index (Phi) is 4.20. The molecule has 1 aromatic carbocycles. The standard InChI is InChI=1S/C15H20N2O5S/c1-10(11-5-6-13-14(8-11)22-9-21-13)16-15(18)12-4-3-7-17(12)23(2,19)20/h5-6,8,10,12H,3-4,7,9H2,1-2H3,(H,16,18)/t10-,12+/m1/s1. The maximum atomic E-state index is 12.4. The molecule has 2 aliphatic rings. The lowest BCUT2D eigenvalue weighted by molar-refractivity contribution is -0.124. The molecular weight excluding hydrogens is 320 g/mol. The normalized spacial score (nSPS) is 22.1. The fraction of sp³-hybridized carbons (Fsp3) is 0.533. The molecule has 7 nitrogen and oxygen atoms in total. The molecule has 126 valence electrons. The molecule has 0 aromatic heterocycles. The molecule has 1 amide bonds. The molecular formula is C15H20N2O5S. The third-order valence-corrected chi connectivity index (χ3v) is 5.48. The van der Waals surface area contributed by atoms with Crippen molar-refractivity contribution >= 4 is 15.9 Å². The predicted octanol–water partition coefficient (Wildman–Crippen LogP) is 1.02. The van der Waals surface area contributed by atoms with Crippen molar-refractivity contribution in [2.45, 2.75) is 31.8 Å². The third kappa shape index (κ3) is 3.28. The maximum Gasteiger partial charge on any atom is 0.238 e. The lowest BCUT2D eigenvalue weighted by Crippen LogP contribution is -2.46. The smallest absolute Gasteiger partial charge is 0.238 e. The topological polar surface area (TPSA) is 84.9 Å². The van der Waals surface area contributed by atoms with E-state index in [1.54, 1.807) is 6.07 Å². The van der Waals surface area contributed by atoms with E-state index in [-0.39, 0.29) is 18.7 Å². The van der Waals surface area contributed by atoms with E-state index >= 15 is 0 Å². The maximum absolute atomic E-state index is 12.4. The fourth-order valence-corrected chi connectivity index (χ4v) is 4.10. The molecule has 2 aliphatic heterocycles. The Hall–Kier alpha value is -1.80. The minimum atomic E-state index is -3.37. The molecule has 1 saturated heterocycles. The van der Waals surface area contributed by atoms with Crippen molar-refractivity contribution in [2.75, 3.05) is 19.6 Å². The summed E-state index contributed by atoms with van der Waals surface area (Å²) in [6.07, 6.45) is 2.39. The van der Waals surface area contributed by atoms with Gasteiger partial charge in [0.25, 0.3) is 0 Å². The Morgan fingerprint density at radius 2 is 2.09 bits per heavy atom. The highest BCUT2D eigenvalue weighted by Crippen LogP contribution is 2.34. The summed E-state index contributed by atoms with van der Waals surface area (Å²) in [7, 11) is -3.37. The average molecular weight is 340 g/mol. The summed E-state index contributed by atoms with van der Waals surface area (Å²) >= 11 is 0. The Balaban J connectivity index is 1.70. The molecule has 8 heteroatoms. The van der Waals surface area contributed by atoms with Crippen LogP contribution in [0.3, 0.4) is 0 Å². The van der Waals surface area contributed by atoms with Gasteiger partial charge in [0.2, 0.25) is 22.7 Å². The van der Waals surface area contributed by atoms with Gasteiger partial charge in [-0.15, -0.1) is 0 Å². The lowest BCUT2D eigenvalue weighted by atomic mass is 10.1. The average Bonchev–Trinajstić information content (AvgIpc) is 3.14. The molecule has 23 heavy (non-hydrogen) atoms.